The fourth-order valence-corrected chi connectivity index (χ4v) is 15.3. The van der Waals surface area contributed by atoms with Gasteiger partial charge in [-0.25, -0.2) is 0 Å². The van der Waals surface area contributed by atoms with E-state index in [2.05, 4.69) is 27.7 Å². The van der Waals surface area contributed by atoms with Gasteiger partial charge in [-0.1, -0.05) is 27.7 Å². The van der Waals surface area contributed by atoms with E-state index in [0.717, 1.165) is 32.1 Å². The molecule has 61 heavy (non-hydrogen) atoms. The summed E-state index contributed by atoms with van der Waals surface area (Å²) in [5.41, 5.74) is -5.16. The first-order valence-electron chi connectivity index (χ1n) is 22.6. The largest absolute Gasteiger partial charge is 0.455 e. The number of esters is 2. The molecule has 0 aromatic carbocycles. The van der Waals surface area contributed by atoms with Crippen molar-refractivity contribution in [2.24, 2.45) is 38.9 Å². The molecule has 8 aliphatic rings. The van der Waals surface area contributed by atoms with Crippen LogP contribution in [0.25, 0.3) is 0 Å². The number of rotatable bonds is 9. The Morgan fingerprint density at radius 2 is 1.46 bits per heavy atom. The quantitative estimate of drug-likeness (QED) is 0.130. The highest BCUT2D eigenvalue weighted by Crippen LogP contribution is 2.90. The fraction of sp³-hybridized carbons (Fsp3) is 0.956. The second-order valence-electron chi connectivity index (χ2n) is 22.2. The van der Waals surface area contributed by atoms with Gasteiger partial charge in [0, 0.05) is 19.3 Å². The highest BCUT2D eigenvalue weighted by Gasteiger charge is 2.86. The van der Waals surface area contributed by atoms with Crippen molar-refractivity contribution in [3.05, 3.63) is 0 Å². The number of aliphatic hydroxyl groups excluding tert-OH is 5. The van der Waals surface area contributed by atoms with Gasteiger partial charge in [0.15, 0.2) is 24.8 Å². The van der Waals surface area contributed by atoms with E-state index < -0.39 is 120 Å². The number of carbonyl (C=O) groups is 2. The van der Waals surface area contributed by atoms with Gasteiger partial charge in [0.2, 0.25) is 0 Å². The maximum absolute atomic E-state index is 13.2. The lowest BCUT2D eigenvalue weighted by molar-refractivity contribution is -0.340. The Balaban J connectivity index is 1.15. The van der Waals surface area contributed by atoms with Crippen molar-refractivity contribution in [2.45, 2.75) is 217 Å². The topological polar surface area (TPSA) is 240 Å². The Bertz CT molecular complexity index is 1700. The molecular weight excluding hydrogens is 796 g/mol. The standard InChI is InChI=1S/C45H72O16/c1-22(47)56-33-24(49)20-55-37(34(33)57-23(2)48)60-28-11-13-44-21-43(44)16-15-41(8)40(7,14-17-45(41,54)42(9)12-10-29(61-42)39(5,6)53)27(43)18-25(35(44)38(28,3)4)58-36-32(52)31(51)30(50)26(19-46)59-36/h24-37,46,49-54H,10-21H2,1-9H3/t24-,25+,26-,27+,28+,29+,30-,31+,32-,33+,34-,35+,36-,37+,40+,41+,42-,43+,44-,45+/m1/s1. The van der Waals surface area contributed by atoms with Crippen LogP contribution in [0, 0.1) is 38.9 Å². The molecule has 3 heterocycles. The summed E-state index contributed by atoms with van der Waals surface area (Å²) >= 11 is 0. The number of carbonyl (C=O) groups excluding carboxylic acids is 2. The van der Waals surface area contributed by atoms with Crippen LogP contribution in [0.15, 0.2) is 0 Å². The van der Waals surface area contributed by atoms with Gasteiger partial charge in [0.05, 0.1) is 48.3 Å². The summed E-state index contributed by atoms with van der Waals surface area (Å²) in [5.74, 6) is -1.48. The lowest BCUT2D eigenvalue weighted by Crippen LogP contribution is -2.68. The van der Waals surface area contributed by atoms with Crippen LogP contribution in [0.2, 0.25) is 0 Å². The molecule has 3 saturated heterocycles. The van der Waals surface area contributed by atoms with Crippen molar-refractivity contribution < 1.29 is 78.5 Å². The number of hydrogen-bond donors (Lipinski definition) is 7. The molecule has 8 rings (SSSR count). The van der Waals surface area contributed by atoms with Crippen molar-refractivity contribution in [1.29, 1.82) is 0 Å². The van der Waals surface area contributed by atoms with E-state index in [-0.39, 0.29) is 34.7 Å². The van der Waals surface area contributed by atoms with Gasteiger partial charge in [-0.15, -0.1) is 0 Å². The van der Waals surface area contributed by atoms with Crippen molar-refractivity contribution >= 4 is 11.9 Å². The van der Waals surface area contributed by atoms with E-state index in [0.29, 0.717) is 32.1 Å². The minimum atomic E-state index is -1.63. The Morgan fingerprint density at radius 1 is 0.787 bits per heavy atom. The summed E-state index contributed by atoms with van der Waals surface area (Å²) in [6.45, 7) is 15.9. The third-order valence-electron chi connectivity index (χ3n) is 18.5. The Kier molecular flexibility index (Phi) is 11.3. The van der Waals surface area contributed by atoms with Gasteiger partial charge in [-0.3, -0.25) is 9.59 Å². The molecule has 16 heteroatoms. The SMILES string of the molecule is CC(=O)O[C@@H]1[C@@H](OC(C)=O)[C@H](O[C@H]2CC[C@]34C[C@]35CC[C@]3(C)[C@](O)([C@@]6(C)CC[C@@H](C(C)(C)O)O6)CC[C@@]3(C)[C@@H]5C[C@H](O[C@@H]3O[C@H](CO)[C@@H](O)[C@H](O)[C@H]3O)[C@H]4C2(C)C)OC[C@H]1O. The first-order valence-corrected chi connectivity index (χ1v) is 22.6. The molecule has 0 aromatic rings. The smallest absolute Gasteiger partial charge is 0.303 e. The molecule has 5 aliphatic carbocycles. The molecule has 8 fully saturated rings. The van der Waals surface area contributed by atoms with Crippen molar-refractivity contribution in [3.63, 3.8) is 0 Å². The molecule has 0 aromatic heterocycles. The van der Waals surface area contributed by atoms with Crippen molar-refractivity contribution in [3.8, 4) is 0 Å². The zero-order chi connectivity index (χ0) is 44.7. The molecule has 348 valence electrons. The van der Waals surface area contributed by atoms with E-state index in [1.54, 1.807) is 13.8 Å². The first-order chi connectivity index (χ1) is 28.3. The van der Waals surface area contributed by atoms with E-state index in [1.807, 2.05) is 6.92 Å². The van der Waals surface area contributed by atoms with E-state index in [1.165, 1.54) is 13.8 Å². The molecule has 2 spiro atoms. The molecule has 3 aliphatic heterocycles. The number of fused-ring (bicyclic) bond motifs is 2. The third-order valence-corrected chi connectivity index (χ3v) is 18.5. The van der Waals surface area contributed by atoms with Crippen molar-refractivity contribution in [2.75, 3.05) is 13.2 Å². The zero-order valence-corrected chi connectivity index (χ0v) is 37.4. The van der Waals surface area contributed by atoms with Gasteiger partial charge >= 0.3 is 11.9 Å². The van der Waals surface area contributed by atoms with E-state index in [9.17, 15) is 45.3 Å². The van der Waals surface area contributed by atoms with Crippen molar-refractivity contribution in [1.82, 2.24) is 0 Å². The van der Waals surface area contributed by atoms with E-state index in [4.69, 9.17) is 33.2 Å². The minimum absolute atomic E-state index is 0.0586. The molecule has 0 amide bonds. The number of ether oxygens (including phenoxy) is 7. The Labute approximate surface area is 358 Å². The summed E-state index contributed by atoms with van der Waals surface area (Å²) in [6, 6.07) is 0. The van der Waals surface area contributed by atoms with Gasteiger partial charge in [0.25, 0.3) is 0 Å². The highest BCUT2D eigenvalue weighted by molar-refractivity contribution is 5.67. The number of aliphatic hydroxyl groups is 7. The first kappa shape index (κ1) is 46.0. The molecule has 0 radical (unpaired) electrons. The third kappa shape index (κ3) is 6.57. The minimum Gasteiger partial charge on any atom is -0.455 e. The van der Waals surface area contributed by atoms with E-state index >= 15 is 0 Å². The Hall–Kier alpha value is -1.54. The predicted molar refractivity (Wildman–Crippen MR) is 213 cm³/mol. The van der Waals surface area contributed by atoms with Gasteiger partial charge in [-0.05, 0) is 118 Å². The lowest BCUT2D eigenvalue weighted by Gasteiger charge is -2.66. The van der Waals surface area contributed by atoms with Gasteiger partial charge in [0.1, 0.15) is 30.5 Å². The normalized spacial score (nSPS) is 53.8. The molecular formula is C45H72O16. The molecule has 0 unspecified atom stereocenters. The highest BCUT2D eigenvalue weighted by atomic mass is 16.7. The summed E-state index contributed by atoms with van der Waals surface area (Å²) < 4.78 is 43.6. The van der Waals surface area contributed by atoms with Crippen LogP contribution in [0.5, 0.6) is 0 Å². The van der Waals surface area contributed by atoms with Crippen LogP contribution in [-0.2, 0) is 42.7 Å². The van der Waals surface area contributed by atoms with Crippen LogP contribution >= 0.6 is 0 Å². The Morgan fingerprint density at radius 3 is 2.08 bits per heavy atom. The van der Waals surface area contributed by atoms with Crippen LogP contribution < -0.4 is 0 Å². The maximum atomic E-state index is 13.2. The molecule has 16 nitrogen and oxygen atoms in total. The second kappa shape index (κ2) is 15.0. The van der Waals surface area contributed by atoms with Crippen LogP contribution in [0.1, 0.15) is 127 Å². The molecule has 5 saturated carbocycles. The predicted octanol–water partition coefficient (Wildman–Crippen LogP) is 2.01. The summed E-state index contributed by atoms with van der Waals surface area (Å²) in [4.78, 5) is 24.5. The molecule has 7 N–H and O–H groups in total. The van der Waals surface area contributed by atoms with Crippen LogP contribution in [0.3, 0.4) is 0 Å². The monoisotopic (exact) mass is 868 g/mol. The average Bonchev–Trinajstić information content (AvgIpc) is 3.52. The lowest BCUT2D eigenvalue weighted by atomic mass is 9.40. The maximum Gasteiger partial charge on any atom is 0.303 e. The van der Waals surface area contributed by atoms with Crippen LogP contribution in [-0.4, -0.2) is 151 Å². The molecule has 20 atom stereocenters. The summed E-state index contributed by atoms with van der Waals surface area (Å²) in [5, 5.41) is 78.0. The second-order valence-corrected chi connectivity index (χ2v) is 22.2. The van der Waals surface area contributed by atoms with Gasteiger partial charge in [-0.2, -0.15) is 0 Å². The summed E-state index contributed by atoms with van der Waals surface area (Å²) in [6.07, 6.45) is -6.83. The molecule has 0 bridgehead atoms. The summed E-state index contributed by atoms with van der Waals surface area (Å²) in [7, 11) is 0. The van der Waals surface area contributed by atoms with Gasteiger partial charge < -0.3 is 68.9 Å². The van der Waals surface area contributed by atoms with Crippen LogP contribution in [0.4, 0.5) is 0 Å². The average molecular weight is 869 g/mol. The number of hydrogen-bond acceptors (Lipinski definition) is 16. The zero-order valence-electron chi connectivity index (χ0n) is 37.4. The fourth-order valence-electron chi connectivity index (χ4n) is 15.3.